The van der Waals surface area contributed by atoms with E-state index in [1.165, 1.54) is 6.07 Å². The predicted octanol–water partition coefficient (Wildman–Crippen LogP) is 2.93. The summed E-state index contributed by atoms with van der Waals surface area (Å²) in [5.41, 5.74) is 0.818. The van der Waals surface area contributed by atoms with Crippen molar-refractivity contribution in [3.63, 3.8) is 0 Å². The molecule has 1 aromatic heterocycles. The average Bonchev–Trinajstić information content (AvgIpc) is 2.69. The molecule has 0 aliphatic carbocycles. The van der Waals surface area contributed by atoms with Crippen molar-refractivity contribution in [3.8, 4) is 5.69 Å². The third-order valence-electron chi connectivity index (χ3n) is 4.21. The van der Waals surface area contributed by atoms with Gasteiger partial charge in [-0.15, -0.1) is 0 Å². The van der Waals surface area contributed by atoms with Gasteiger partial charge in [0.1, 0.15) is 0 Å². The molecule has 132 valence electrons. The van der Waals surface area contributed by atoms with Crippen LogP contribution in [0.3, 0.4) is 0 Å². The molecular formula is C21H15N3O3. The Hall–Kier alpha value is -3.93. The van der Waals surface area contributed by atoms with Crippen molar-refractivity contribution in [2.24, 2.45) is 0 Å². The Kier molecular flexibility index (Phi) is 4.14. The minimum atomic E-state index is -0.556. The minimum Gasteiger partial charge on any atom is -0.322 e. The maximum atomic E-state index is 12.8. The van der Waals surface area contributed by atoms with E-state index in [0.717, 1.165) is 4.57 Å². The second kappa shape index (κ2) is 6.76. The van der Waals surface area contributed by atoms with Crippen molar-refractivity contribution < 1.29 is 4.79 Å². The van der Waals surface area contributed by atoms with E-state index in [1.54, 1.807) is 54.6 Å². The molecule has 0 unspecified atom stereocenters. The van der Waals surface area contributed by atoms with Crippen LogP contribution in [-0.4, -0.2) is 15.5 Å². The summed E-state index contributed by atoms with van der Waals surface area (Å²) in [6, 6.07) is 22.3. The third-order valence-corrected chi connectivity index (χ3v) is 4.21. The Bertz CT molecular complexity index is 1240. The minimum absolute atomic E-state index is 0.317. The molecule has 4 rings (SSSR count). The molecule has 2 N–H and O–H groups in total. The average molecular weight is 357 g/mol. The zero-order chi connectivity index (χ0) is 18.8. The van der Waals surface area contributed by atoms with E-state index in [9.17, 15) is 14.4 Å². The molecule has 0 spiro atoms. The number of fused-ring (bicyclic) bond motifs is 1. The highest BCUT2D eigenvalue weighted by Gasteiger charge is 2.12. The Morgan fingerprint density at radius 1 is 0.852 bits per heavy atom. The molecule has 0 atom stereocenters. The van der Waals surface area contributed by atoms with Crippen molar-refractivity contribution in [2.75, 3.05) is 5.32 Å². The highest BCUT2D eigenvalue weighted by molar-refractivity contribution is 6.06. The van der Waals surface area contributed by atoms with Gasteiger partial charge in [0.05, 0.1) is 16.6 Å². The molecule has 0 radical (unpaired) electrons. The van der Waals surface area contributed by atoms with Crippen molar-refractivity contribution in [1.82, 2.24) is 9.55 Å². The van der Waals surface area contributed by atoms with E-state index in [2.05, 4.69) is 10.3 Å². The maximum Gasteiger partial charge on any atom is 0.333 e. The second-order valence-corrected chi connectivity index (χ2v) is 5.99. The van der Waals surface area contributed by atoms with Crippen molar-refractivity contribution >= 4 is 22.5 Å². The standard InChI is InChI=1S/C21H15N3O3/c25-19(22-15-7-3-1-4-8-15)14-11-12-17-18(13-14)23-21(27)24(20(17)26)16-9-5-2-6-10-16/h1-13H,(H,22,25)(H,23,27). The van der Waals surface area contributed by atoms with Gasteiger partial charge < -0.3 is 10.3 Å². The first-order chi connectivity index (χ1) is 13.1. The maximum absolute atomic E-state index is 12.8. The summed E-state index contributed by atoms with van der Waals surface area (Å²) in [4.78, 5) is 40.3. The summed E-state index contributed by atoms with van der Waals surface area (Å²) in [6.45, 7) is 0. The number of carbonyl (C=O) groups is 1. The molecule has 0 aliphatic heterocycles. The molecule has 4 aromatic rings. The fraction of sp³-hybridized carbons (Fsp3) is 0. The lowest BCUT2D eigenvalue weighted by atomic mass is 10.1. The first-order valence-electron chi connectivity index (χ1n) is 8.34. The number of nitrogens with zero attached hydrogens (tertiary/aromatic N) is 1. The van der Waals surface area contributed by atoms with Gasteiger partial charge in [-0.25, -0.2) is 9.36 Å². The van der Waals surface area contributed by atoms with E-state index in [4.69, 9.17) is 0 Å². The molecule has 0 saturated carbocycles. The van der Waals surface area contributed by atoms with Gasteiger partial charge in [0, 0.05) is 11.3 Å². The Morgan fingerprint density at radius 3 is 2.22 bits per heavy atom. The number of para-hydroxylation sites is 2. The largest absolute Gasteiger partial charge is 0.333 e. The van der Waals surface area contributed by atoms with Crippen molar-refractivity contribution in [1.29, 1.82) is 0 Å². The van der Waals surface area contributed by atoms with Crippen LogP contribution in [0, 0.1) is 0 Å². The molecule has 6 nitrogen and oxygen atoms in total. The molecule has 0 bridgehead atoms. The highest BCUT2D eigenvalue weighted by Crippen LogP contribution is 2.13. The molecule has 0 fully saturated rings. The van der Waals surface area contributed by atoms with Gasteiger partial charge in [-0.05, 0) is 42.5 Å². The zero-order valence-electron chi connectivity index (χ0n) is 14.2. The van der Waals surface area contributed by atoms with Crippen LogP contribution in [0.15, 0.2) is 88.5 Å². The van der Waals surface area contributed by atoms with Crippen LogP contribution in [0.4, 0.5) is 5.69 Å². The lowest BCUT2D eigenvalue weighted by Crippen LogP contribution is -2.33. The van der Waals surface area contributed by atoms with Gasteiger partial charge in [-0.3, -0.25) is 9.59 Å². The molecular weight excluding hydrogens is 342 g/mol. The van der Waals surface area contributed by atoms with Crippen LogP contribution < -0.4 is 16.6 Å². The van der Waals surface area contributed by atoms with Gasteiger partial charge in [0.25, 0.3) is 11.5 Å². The number of nitrogens with one attached hydrogen (secondary N) is 2. The number of H-pyrrole nitrogens is 1. The van der Waals surface area contributed by atoms with Gasteiger partial charge in [0.15, 0.2) is 0 Å². The number of anilines is 1. The zero-order valence-corrected chi connectivity index (χ0v) is 14.2. The van der Waals surface area contributed by atoms with Gasteiger partial charge in [-0.2, -0.15) is 0 Å². The third kappa shape index (κ3) is 3.16. The SMILES string of the molecule is O=C(Nc1ccccc1)c1ccc2c(=O)n(-c3ccccc3)c(=O)[nH]c2c1. The van der Waals surface area contributed by atoms with Crippen LogP contribution >= 0.6 is 0 Å². The number of hydrogen-bond donors (Lipinski definition) is 2. The number of rotatable bonds is 3. The number of hydrogen-bond acceptors (Lipinski definition) is 3. The first-order valence-corrected chi connectivity index (χ1v) is 8.34. The normalized spacial score (nSPS) is 10.7. The van der Waals surface area contributed by atoms with E-state index in [-0.39, 0.29) is 5.91 Å². The molecule has 1 heterocycles. The van der Waals surface area contributed by atoms with E-state index in [1.807, 2.05) is 18.2 Å². The van der Waals surface area contributed by atoms with Crippen LogP contribution in [0.1, 0.15) is 10.4 Å². The molecule has 0 saturated heterocycles. The molecule has 27 heavy (non-hydrogen) atoms. The van der Waals surface area contributed by atoms with Gasteiger partial charge in [0.2, 0.25) is 0 Å². The van der Waals surface area contributed by atoms with E-state index < -0.39 is 11.2 Å². The topological polar surface area (TPSA) is 84.0 Å². The first kappa shape index (κ1) is 16.5. The summed E-state index contributed by atoms with van der Waals surface area (Å²) in [5.74, 6) is -0.323. The summed E-state index contributed by atoms with van der Waals surface area (Å²) in [5, 5.41) is 3.10. The Morgan fingerprint density at radius 2 is 1.52 bits per heavy atom. The van der Waals surface area contributed by atoms with Crippen LogP contribution in [-0.2, 0) is 0 Å². The smallest absolute Gasteiger partial charge is 0.322 e. The van der Waals surface area contributed by atoms with Gasteiger partial charge >= 0.3 is 5.69 Å². The van der Waals surface area contributed by atoms with Crippen LogP contribution in [0.2, 0.25) is 0 Å². The number of benzene rings is 3. The highest BCUT2D eigenvalue weighted by atomic mass is 16.2. The number of amides is 1. The van der Waals surface area contributed by atoms with Crippen LogP contribution in [0.5, 0.6) is 0 Å². The van der Waals surface area contributed by atoms with E-state index >= 15 is 0 Å². The molecule has 1 amide bonds. The summed E-state index contributed by atoms with van der Waals surface area (Å²) in [6.07, 6.45) is 0. The summed E-state index contributed by atoms with van der Waals surface area (Å²) in [7, 11) is 0. The Balaban J connectivity index is 1.77. The lowest BCUT2D eigenvalue weighted by Gasteiger charge is -2.08. The Labute approximate surface area is 153 Å². The van der Waals surface area contributed by atoms with Gasteiger partial charge in [-0.1, -0.05) is 36.4 Å². The summed E-state index contributed by atoms with van der Waals surface area (Å²) >= 11 is 0. The van der Waals surface area contributed by atoms with Crippen molar-refractivity contribution in [3.05, 3.63) is 105 Å². The quantitative estimate of drug-likeness (QED) is 0.591. The number of aromatic amines is 1. The van der Waals surface area contributed by atoms with E-state index in [0.29, 0.717) is 27.8 Å². The fourth-order valence-corrected chi connectivity index (χ4v) is 2.90. The lowest BCUT2D eigenvalue weighted by molar-refractivity contribution is 0.102. The predicted molar refractivity (Wildman–Crippen MR) is 105 cm³/mol. The fourth-order valence-electron chi connectivity index (χ4n) is 2.90. The number of carbonyl (C=O) groups excluding carboxylic acids is 1. The second-order valence-electron chi connectivity index (χ2n) is 5.99. The van der Waals surface area contributed by atoms with Crippen LogP contribution in [0.25, 0.3) is 16.6 Å². The van der Waals surface area contributed by atoms with Crippen molar-refractivity contribution in [2.45, 2.75) is 0 Å². The number of aromatic nitrogens is 2. The molecule has 6 heteroatoms. The molecule has 0 aliphatic rings. The monoisotopic (exact) mass is 357 g/mol. The summed E-state index contributed by atoms with van der Waals surface area (Å²) < 4.78 is 1.08. The molecule has 3 aromatic carbocycles.